The summed E-state index contributed by atoms with van der Waals surface area (Å²) in [5.74, 6) is -0.930. The third-order valence-electron chi connectivity index (χ3n) is 7.54. The summed E-state index contributed by atoms with van der Waals surface area (Å²) < 4.78 is 0. The number of thioether (sulfide) groups is 1. The summed E-state index contributed by atoms with van der Waals surface area (Å²) in [7, 11) is 3.29. The smallest absolute Gasteiger partial charge is 0.263 e. The molecular weight excluding hydrogens is 569 g/mol. The molecule has 3 amide bonds. The van der Waals surface area contributed by atoms with Gasteiger partial charge in [0, 0.05) is 36.4 Å². The van der Waals surface area contributed by atoms with Gasteiger partial charge in [-0.25, -0.2) is 4.99 Å². The van der Waals surface area contributed by atoms with E-state index in [4.69, 9.17) is 28.2 Å². The second-order valence-electron chi connectivity index (χ2n) is 10.8. The van der Waals surface area contributed by atoms with Crippen LogP contribution >= 0.6 is 35.0 Å². The molecule has 0 aromatic heterocycles. The van der Waals surface area contributed by atoms with Crippen molar-refractivity contribution < 1.29 is 14.4 Å². The van der Waals surface area contributed by atoms with Gasteiger partial charge in [-0.15, -0.1) is 0 Å². The average Bonchev–Trinajstić information content (AvgIpc) is 3.41. The zero-order valence-electron chi connectivity index (χ0n) is 22.9. The van der Waals surface area contributed by atoms with Crippen LogP contribution in [0.1, 0.15) is 37.9 Å². The lowest BCUT2D eigenvalue weighted by Crippen LogP contribution is -2.61. The van der Waals surface area contributed by atoms with Gasteiger partial charge in [-0.05, 0) is 60.0 Å². The number of allylic oxidation sites excluding steroid dienone is 1. The Morgan fingerprint density at radius 3 is 2.25 bits per heavy atom. The van der Waals surface area contributed by atoms with Gasteiger partial charge in [0.05, 0.1) is 6.04 Å². The summed E-state index contributed by atoms with van der Waals surface area (Å²) in [6.07, 6.45) is 0. The number of carbonyl (C=O) groups is 3. The highest BCUT2D eigenvalue weighted by Crippen LogP contribution is 2.56. The van der Waals surface area contributed by atoms with E-state index in [-0.39, 0.29) is 42.8 Å². The van der Waals surface area contributed by atoms with E-state index in [1.54, 1.807) is 14.1 Å². The van der Waals surface area contributed by atoms with Crippen molar-refractivity contribution in [3.63, 3.8) is 0 Å². The van der Waals surface area contributed by atoms with E-state index >= 15 is 0 Å². The van der Waals surface area contributed by atoms with Crippen molar-refractivity contribution >= 4 is 57.9 Å². The minimum absolute atomic E-state index is 0.0527. The first kappa shape index (κ1) is 28.5. The molecule has 210 valence electrons. The van der Waals surface area contributed by atoms with E-state index in [9.17, 15) is 14.4 Å². The monoisotopic (exact) mass is 599 g/mol. The van der Waals surface area contributed by atoms with Gasteiger partial charge in [0.1, 0.15) is 23.0 Å². The topological polar surface area (TPSA) is 85.3 Å². The van der Waals surface area contributed by atoms with Crippen molar-refractivity contribution in [2.24, 2.45) is 10.9 Å². The van der Waals surface area contributed by atoms with Crippen LogP contribution in [-0.2, 0) is 19.9 Å². The molecule has 0 radical (unpaired) electrons. The number of hydrogen-bond acceptors (Lipinski definition) is 6. The molecule has 0 spiro atoms. The van der Waals surface area contributed by atoms with Crippen molar-refractivity contribution in [3.8, 4) is 0 Å². The molecule has 1 saturated heterocycles. The number of amides is 3. The molecule has 3 aliphatic rings. The van der Waals surface area contributed by atoms with E-state index in [0.29, 0.717) is 20.1 Å². The zero-order chi connectivity index (χ0) is 28.9. The number of aliphatic imine (C=N–C) groups is 1. The summed E-state index contributed by atoms with van der Waals surface area (Å²) in [6.45, 7) is 6.04. The minimum Gasteiger partial charge on any atom is -0.352 e. The summed E-state index contributed by atoms with van der Waals surface area (Å²) in [5.41, 5.74) is 2.10. The molecule has 2 aromatic rings. The van der Waals surface area contributed by atoms with Crippen LogP contribution < -0.4 is 5.32 Å². The quantitative estimate of drug-likeness (QED) is 0.540. The summed E-state index contributed by atoms with van der Waals surface area (Å²) in [5, 5.41) is 4.69. The molecule has 3 aliphatic heterocycles. The normalized spacial score (nSPS) is 24.3. The number of amidine groups is 1. The number of nitrogens with one attached hydrogen (secondary N) is 1. The Morgan fingerprint density at radius 2 is 1.68 bits per heavy atom. The van der Waals surface area contributed by atoms with Gasteiger partial charge >= 0.3 is 0 Å². The molecule has 0 aliphatic carbocycles. The number of halogens is 2. The predicted molar refractivity (Wildman–Crippen MR) is 159 cm³/mol. The van der Waals surface area contributed by atoms with Crippen molar-refractivity contribution in [3.05, 3.63) is 80.3 Å². The Hall–Kier alpha value is -3.01. The number of likely N-dealkylation sites (N-methyl/N-ethyl adjacent to an activating group) is 1. The van der Waals surface area contributed by atoms with Gasteiger partial charge in [-0.1, -0.05) is 61.3 Å². The number of piperazine rings is 1. The van der Waals surface area contributed by atoms with E-state index < -0.39 is 11.6 Å². The number of fused-ring (bicyclic) bond motifs is 1. The Bertz CT molecular complexity index is 1420. The lowest BCUT2D eigenvalue weighted by molar-refractivity contribution is -0.147. The summed E-state index contributed by atoms with van der Waals surface area (Å²) in [4.78, 5) is 50.2. The van der Waals surface area contributed by atoms with Crippen LogP contribution in [0.5, 0.6) is 0 Å². The van der Waals surface area contributed by atoms with Gasteiger partial charge in [0.2, 0.25) is 11.8 Å². The molecule has 3 heterocycles. The van der Waals surface area contributed by atoms with Gasteiger partial charge in [0.25, 0.3) is 5.91 Å². The molecule has 0 saturated carbocycles. The number of nitrogens with zero attached hydrogens (tertiary/aromatic N) is 4. The first-order valence-corrected chi connectivity index (χ1v) is 14.6. The van der Waals surface area contributed by atoms with Crippen LogP contribution in [-0.4, -0.2) is 70.8 Å². The van der Waals surface area contributed by atoms with Crippen LogP contribution in [0.25, 0.3) is 0 Å². The zero-order valence-corrected chi connectivity index (χ0v) is 25.3. The number of carbonyl (C=O) groups excluding carboxylic acids is 3. The highest BCUT2D eigenvalue weighted by atomic mass is 35.5. The van der Waals surface area contributed by atoms with Gasteiger partial charge in [-0.2, -0.15) is 0 Å². The fourth-order valence-electron chi connectivity index (χ4n) is 5.57. The molecule has 8 nitrogen and oxygen atoms in total. The lowest BCUT2D eigenvalue weighted by Gasteiger charge is -2.38. The highest BCUT2D eigenvalue weighted by molar-refractivity contribution is 8.18. The first-order valence-electron chi connectivity index (χ1n) is 13.0. The maximum absolute atomic E-state index is 14.2. The Morgan fingerprint density at radius 1 is 1.07 bits per heavy atom. The SMILES string of the molecule is CC(C)C1=C(C(=O)N2CC(=O)NC[C@H]2C(=O)N(C)C)SC2=N[C@@](C)(c3ccc(Cl)cc3)[C@@H](c3ccc(Cl)cc3)N21. The number of benzene rings is 2. The van der Waals surface area contributed by atoms with E-state index in [1.807, 2.05) is 62.4 Å². The fraction of sp³-hybridized carbons (Fsp3) is 0.379. The van der Waals surface area contributed by atoms with Crippen molar-refractivity contribution in [1.29, 1.82) is 0 Å². The molecule has 5 rings (SSSR count). The standard InChI is InChI=1S/C29H31Cl2N5O3S/c1-16(2)23-24(27(39)35-15-22(37)32-14-21(35)26(38)34(4)5)40-28-33-29(3,18-8-12-20(31)13-9-18)25(36(23)28)17-6-10-19(30)11-7-17/h6-13,16,21,25H,14-15H2,1-5H3,(H,32,37)/t21-,25+,29-/m0/s1. The molecule has 1 N–H and O–H groups in total. The van der Waals surface area contributed by atoms with Crippen LogP contribution in [0, 0.1) is 5.92 Å². The molecule has 40 heavy (non-hydrogen) atoms. The van der Waals surface area contributed by atoms with Gasteiger partial charge in [-0.3, -0.25) is 14.4 Å². The fourth-order valence-corrected chi connectivity index (χ4v) is 7.18. The molecule has 11 heteroatoms. The summed E-state index contributed by atoms with van der Waals surface area (Å²) in [6, 6.07) is 14.3. The first-order chi connectivity index (χ1) is 18.9. The third kappa shape index (κ3) is 4.88. The Labute approximate surface area is 248 Å². The van der Waals surface area contributed by atoms with Crippen molar-refractivity contribution in [2.45, 2.75) is 38.4 Å². The molecule has 0 unspecified atom stereocenters. The van der Waals surface area contributed by atoms with Crippen molar-refractivity contribution in [2.75, 3.05) is 27.2 Å². The molecule has 3 atom stereocenters. The highest BCUT2D eigenvalue weighted by Gasteiger charge is 2.54. The Kier molecular flexibility index (Phi) is 7.67. The predicted octanol–water partition coefficient (Wildman–Crippen LogP) is 4.65. The van der Waals surface area contributed by atoms with Crippen LogP contribution in [0.2, 0.25) is 10.0 Å². The molecular formula is C29H31Cl2N5O3S. The minimum atomic E-state index is -0.787. The third-order valence-corrected chi connectivity index (χ3v) is 9.10. The van der Waals surface area contributed by atoms with E-state index in [0.717, 1.165) is 16.8 Å². The maximum Gasteiger partial charge on any atom is 0.263 e. The number of rotatable bonds is 5. The van der Waals surface area contributed by atoms with Crippen LogP contribution in [0.3, 0.4) is 0 Å². The molecule has 1 fully saturated rings. The van der Waals surface area contributed by atoms with Crippen molar-refractivity contribution in [1.82, 2.24) is 20.0 Å². The second kappa shape index (κ2) is 10.8. The van der Waals surface area contributed by atoms with E-state index in [2.05, 4.69) is 17.1 Å². The molecule has 0 bridgehead atoms. The largest absolute Gasteiger partial charge is 0.352 e. The number of hydrogen-bond donors (Lipinski definition) is 1. The second-order valence-corrected chi connectivity index (χ2v) is 12.7. The summed E-state index contributed by atoms with van der Waals surface area (Å²) >= 11 is 13.8. The van der Waals surface area contributed by atoms with Crippen LogP contribution in [0.15, 0.2) is 64.1 Å². The van der Waals surface area contributed by atoms with Gasteiger partial charge in [0.15, 0.2) is 5.17 Å². The Balaban J connectivity index is 1.62. The lowest BCUT2D eigenvalue weighted by atomic mass is 9.81. The van der Waals surface area contributed by atoms with E-state index in [1.165, 1.54) is 21.6 Å². The maximum atomic E-state index is 14.2. The van der Waals surface area contributed by atoms with Crippen LogP contribution in [0.4, 0.5) is 0 Å². The van der Waals surface area contributed by atoms with Gasteiger partial charge < -0.3 is 20.0 Å². The molecule has 2 aromatic carbocycles. The average molecular weight is 601 g/mol.